The molecule has 6 nitrogen and oxygen atoms in total. The smallest absolute Gasteiger partial charge is 0.126 e. The third kappa shape index (κ3) is 6.78. The number of ether oxygens (including phenoxy) is 4. The lowest BCUT2D eigenvalue weighted by molar-refractivity contribution is 0.483. The molecule has 53 heavy (non-hydrogen) atoms. The standard InChI is InChI=1S/C47H40N2O4/c1-7-50-39-21-11-33(12-22-39)48(34-13-23-40(24-14-34)51-8-2)37-19-29-43-44-30-20-38(32-46(44)47(5,6)45(43)31-37)49(35-15-25-41(26-16-35)52-9-3)36-17-27-42(28-18-36)53-10-4/h7-32H,1-4H2,5-6H3. The van der Waals surface area contributed by atoms with E-state index >= 15 is 0 Å². The summed E-state index contributed by atoms with van der Waals surface area (Å²) in [5, 5.41) is 0. The number of fused-ring (bicyclic) bond motifs is 3. The highest BCUT2D eigenvalue weighted by Gasteiger charge is 2.37. The molecule has 0 saturated carbocycles. The van der Waals surface area contributed by atoms with Gasteiger partial charge in [0.1, 0.15) is 23.0 Å². The Morgan fingerprint density at radius 2 is 0.623 bits per heavy atom. The molecule has 6 aromatic carbocycles. The van der Waals surface area contributed by atoms with Crippen LogP contribution in [-0.2, 0) is 5.41 Å². The van der Waals surface area contributed by atoms with Crippen molar-refractivity contribution in [3.63, 3.8) is 0 Å². The first-order valence-corrected chi connectivity index (χ1v) is 17.2. The number of rotatable bonds is 14. The summed E-state index contributed by atoms with van der Waals surface area (Å²) >= 11 is 0. The van der Waals surface area contributed by atoms with Crippen LogP contribution >= 0.6 is 0 Å². The Balaban J connectivity index is 1.30. The first-order valence-electron chi connectivity index (χ1n) is 17.2. The maximum absolute atomic E-state index is 5.53. The van der Waals surface area contributed by atoms with E-state index < -0.39 is 0 Å². The van der Waals surface area contributed by atoms with Crippen molar-refractivity contribution in [2.45, 2.75) is 19.3 Å². The predicted octanol–water partition coefficient (Wildman–Crippen LogP) is 13.0. The highest BCUT2D eigenvalue weighted by molar-refractivity contribution is 5.88. The van der Waals surface area contributed by atoms with E-state index in [-0.39, 0.29) is 5.41 Å². The molecule has 1 aliphatic rings. The number of hydrogen-bond donors (Lipinski definition) is 0. The van der Waals surface area contributed by atoms with Crippen molar-refractivity contribution in [2.24, 2.45) is 0 Å². The third-order valence-corrected chi connectivity index (χ3v) is 9.42. The van der Waals surface area contributed by atoms with E-state index in [2.05, 4.69) is 86.4 Å². The van der Waals surface area contributed by atoms with Crippen LogP contribution < -0.4 is 28.7 Å². The topological polar surface area (TPSA) is 43.4 Å². The monoisotopic (exact) mass is 696 g/mol. The van der Waals surface area contributed by atoms with E-state index in [1.54, 1.807) is 0 Å². The fourth-order valence-corrected chi connectivity index (χ4v) is 6.97. The predicted molar refractivity (Wildman–Crippen MR) is 217 cm³/mol. The van der Waals surface area contributed by atoms with Crippen LogP contribution in [0.5, 0.6) is 23.0 Å². The van der Waals surface area contributed by atoms with Crippen molar-refractivity contribution in [2.75, 3.05) is 9.80 Å². The highest BCUT2D eigenvalue weighted by atomic mass is 16.5. The first kappa shape index (κ1) is 34.5. The molecule has 0 amide bonds. The van der Waals surface area contributed by atoms with Crippen molar-refractivity contribution < 1.29 is 18.9 Å². The zero-order chi connectivity index (χ0) is 37.0. The van der Waals surface area contributed by atoms with E-state index in [4.69, 9.17) is 18.9 Å². The van der Waals surface area contributed by atoms with Gasteiger partial charge in [0.2, 0.25) is 0 Å². The van der Waals surface area contributed by atoms with Crippen LogP contribution in [0.4, 0.5) is 34.1 Å². The molecule has 0 N–H and O–H groups in total. The van der Waals surface area contributed by atoms with Crippen molar-refractivity contribution in [1.82, 2.24) is 0 Å². The van der Waals surface area contributed by atoms with Gasteiger partial charge in [-0.2, -0.15) is 0 Å². The number of benzene rings is 6. The molecule has 0 bridgehead atoms. The van der Waals surface area contributed by atoms with Gasteiger partial charge in [-0.1, -0.05) is 52.3 Å². The van der Waals surface area contributed by atoms with Gasteiger partial charge in [-0.15, -0.1) is 0 Å². The quantitative estimate of drug-likeness (QED) is 0.106. The normalized spacial score (nSPS) is 12.0. The van der Waals surface area contributed by atoms with Crippen LogP contribution in [0.15, 0.2) is 185 Å². The van der Waals surface area contributed by atoms with E-state index in [1.807, 2.05) is 97.1 Å². The van der Waals surface area contributed by atoms with Gasteiger partial charge in [-0.3, -0.25) is 0 Å². The Morgan fingerprint density at radius 1 is 0.377 bits per heavy atom. The van der Waals surface area contributed by atoms with Gasteiger partial charge in [0.05, 0.1) is 25.0 Å². The summed E-state index contributed by atoms with van der Waals surface area (Å²) in [4.78, 5) is 4.47. The summed E-state index contributed by atoms with van der Waals surface area (Å²) in [5.41, 5.74) is 10.6. The number of nitrogens with zero attached hydrogens (tertiary/aromatic N) is 2. The molecule has 6 aromatic rings. The molecule has 1 aliphatic carbocycles. The second kappa shape index (κ2) is 14.7. The Bertz CT molecular complexity index is 2000. The van der Waals surface area contributed by atoms with Gasteiger partial charge in [-0.25, -0.2) is 0 Å². The molecule has 7 rings (SSSR count). The van der Waals surface area contributed by atoms with Gasteiger partial charge in [-0.05, 0) is 144 Å². The minimum Gasteiger partial charge on any atom is -0.466 e. The van der Waals surface area contributed by atoms with Gasteiger partial charge in [0, 0.05) is 39.5 Å². The average molecular weight is 697 g/mol. The van der Waals surface area contributed by atoms with E-state index in [1.165, 1.54) is 47.3 Å². The van der Waals surface area contributed by atoms with Crippen LogP contribution in [0.25, 0.3) is 11.1 Å². The molecule has 0 radical (unpaired) electrons. The molecule has 0 heterocycles. The lowest BCUT2D eigenvalue weighted by Crippen LogP contribution is -2.17. The van der Waals surface area contributed by atoms with Crippen molar-refractivity contribution >= 4 is 34.1 Å². The molecule has 0 spiro atoms. The molecule has 6 heteroatoms. The Morgan fingerprint density at radius 3 is 0.868 bits per heavy atom. The lowest BCUT2D eigenvalue weighted by Gasteiger charge is -2.29. The summed E-state index contributed by atoms with van der Waals surface area (Å²) in [6.07, 6.45) is 5.72. The molecular weight excluding hydrogens is 657 g/mol. The molecule has 0 fully saturated rings. The number of anilines is 6. The summed E-state index contributed by atoms with van der Waals surface area (Å²) in [6, 6.07) is 45.4. The molecule has 0 saturated heterocycles. The Hall–Kier alpha value is -6.92. The fraction of sp³-hybridized carbons (Fsp3) is 0.0638. The minimum atomic E-state index is -0.305. The highest BCUT2D eigenvalue weighted by Crippen LogP contribution is 2.52. The van der Waals surface area contributed by atoms with E-state index in [0.717, 1.165) is 57.1 Å². The fourth-order valence-electron chi connectivity index (χ4n) is 6.97. The van der Waals surface area contributed by atoms with Gasteiger partial charge in [0.25, 0.3) is 0 Å². The Labute approximate surface area is 311 Å². The molecule has 0 aromatic heterocycles. The molecule has 262 valence electrons. The van der Waals surface area contributed by atoms with Crippen LogP contribution in [0.3, 0.4) is 0 Å². The molecule has 0 aliphatic heterocycles. The summed E-state index contributed by atoms with van der Waals surface area (Å²) in [5.74, 6) is 2.87. The van der Waals surface area contributed by atoms with Crippen molar-refractivity contribution in [1.29, 1.82) is 0 Å². The van der Waals surface area contributed by atoms with Crippen LogP contribution in [0.2, 0.25) is 0 Å². The first-order chi connectivity index (χ1) is 25.8. The number of hydrogen-bond acceptors (Lipinski definition) is 6. The zero-order valence-electron chi connectivity index (χ0n) is 29.9. The minimum absolute atomic E-state index is 0.305. The summed E-state index contributed by atoms with van der Waals surface area (Å²) in [7, 11) is 0. The van der Waals surface area contributed by atoms with Crippen LogP contribution in [0.1, 0.15) is 25.0 Å². The van der Waals surface area contributed by atoms with Crippen LogP contribution in [-0.4, -0.2) is 0 Å². The second-order valence-corrected chi connectivity index (χ2v) is 12.9. The summed E-state index contributed by atoms with van der Waals surface area (Å²) in [6.45, 7) is 19.4. The maximum atomic E-state index is 5.53. The van der Waals surface area contributed by atoms with Crippen molar-refractivity contribution in [3.05, 3.63) is 196 Å². The van der Waals surface area contributed by atoms with Gasteiger partial charge < -0.3 is 28.7 Å². The second-order valence-electron chi connectivity index (χ2n) is 12.9. The van der Waals surface area contributed by atoms with Gasteiger partial charge in [0.15, 0.2) is 0 Å². The van der Waals surface area contributed by atoms with Crippen LogP contribution in [0, 0.1) is 0 Å². The molecule has 0 atom stereocenters. The molecule has 0 unspecified atom stereocenters. The molecular formula is C47H40N2O4. The lowest BCUT2D eigenvalue weighted by atomic mass is 9.82. The summed E-state index contributed by atoms with van der Waals surface area (Å²) < 4.78 is 22.1. The average Bonchev–Trinajstić information content (AvgIpc) is 3.40. The van der Waals surface area contributed by atoms with E-state index in [0.29, 0.717) is 0 Å². The largest absolute Gasteiger partial charge is 0.466 e. The van der Waals surface area contributed by atoms with Gasteiger partial charge >= 0.3 is 0 Å². The zero-order valence-corrected chi connectivity index (χ0v) is 29.9. The van der Waals surface area contributed by atoms with E-state index in [9.17, 15) is 0 Å². The SMILES string of the molecule is C=COc1ccc(N(c2ccc(OC=C)cc2)c2ccc3c(c2)C(C)(C)c2cc(N(c4ccc(OC=C)cc4)c4ccc(OC=C)cc4)ccc2-3)cc1. The van der Waals surface area contributed by atoms with Crippen molar-refractivity contribution in [3.8, 4) is 34.1 Å². The Kier molecular flexibility index (Phi) is 9.60. The third-order valence-electron chi connectivity index (χ3n) is 9.42. The maximum Gasteiger partial charge on any atom is 0.126 e.